The van der Waals surface area contributed by atoms with Gasteiger partial charge in [0.15, 0.2) is 0 Å². The second kappa shape index (κ2) is 6.02. The number of nitrogens with one attached hydrogen (secondary N) is 2. The molecule has 20 heavy (non-hydrogen) atoms. The molecule has 0 aliphatic carbocycles. The molecular weight excluding hydrogens is 282 g/mol. The van der Waals surface area contributed by atoms with Gasteiger partial charge in [-0.05, 0) is 18.2 Å². The normalized spacial score (nSPS) is 10.0. The minimum absolute atomic E-state index is 0.275. The summed E-state index contributed by atoms with van der Waals surface area (Å²) in [6.45, 7) is 0.285. The van der Waals surface area contributed by atoms with Crippen LogP contribution in [0.3, 0.4) is 0 Å². The second-order valence-corrected chi connectivity index (χ2v) is 4.75. The highest BCUT2D eigenvalue weighted by Gasteiger charge is 2.11. The van der Waals surface area contributed by atoms with Gasteiger partial charge >= 0.3 is 12.0 Å². The molecular formula is C12H11N3O4S. The summed E-state index contributed by atoms with van der Waals surface area (Å²) in [4.78, 5) is 26.5. The van der Waals surface area contributed by atoms with Crippen molar-refractivity contribution in [3.8, 4) is 5.75 Å². The topological polar surface area (TPSA) is 112 Å². The van der Waals surface area contributed by atoms with Gasteiger partial charge in [-0.1, -0.05) is 0 Å². The van der Waals surface area contributed by atoms with Crippen LogP contribution >= 0.6 is 11.3 Å². The van der Waals surface area contributed by atoms with Crippen molar-refractivity contribution in [2.75, 3.05) is 5.32 Å². The average molecular weight is 293 g/mol. The molecule has 0 unspecified atom stereocenters. The van der Waals surface area contributed by atoms with Crippen LogP contribution in [0.1, 0.15) is 15.4 Å². The van der Waals surface area contributed by atoms with Crippen LogP contribution in [0, 0.1) is 0 Å². The highest BCUT2D eigenvalue weighted by Crippen LogP contribution is 2.21. The number of carboxylic acids is 1. The molecule has 0 aliphatic rings. The van der Waals surface area contributed by atoms with E-state index in [1.807, 2.05) is 0 Å². The van der Waals surface area contributed by atoms with Gasteiger partial charge in [-0.2, -0.15) is 0 Å². The predicted molar refractivity (Wildman–Crippen MR) is 73.0 cm³/mol. The molecule has 104 valence electrons. The van der Waals surface area contributed by atoms with E-state index in [0.717, 1.165) is 5.01 Å². The Kier molecular flexibility index (Phi) is 4.16. The summed E-state index contributed by atoms with van der Waals surface area (Å²) in [5.74, 6) is -1.62. The Morgan fingerprint density at radius 3 is 2.80 bits per heavy atom. The minimum atomic E-state index is -1.27. The van der Waals surface area contributed by atoms with E-state index in [9.17, 15) is 14.7 Å². The smallest absolute Gasteiger partial charge is 0.339 e. The number of amides is 2. The lowest BCUT2D eigenvalue weighted by Gasteiger charge is -2.08. The standard InChI is InChI=1S/C12H11N3O4S/c16-9-2-1-7(5-8(9)11(17)18)15-12(19)14-6-10-13-3-4-20-10/h1-5,16H,6H2,(H,17,18)(H2,14,15,19). The largest absolute Gasteiger partial charge is 0.507 e. The van der Waals surface area contributed by atoms with E-state index in [0.29, 0.717) is 0 Å². The van der Waals surface area contributed by atoms with Crippen molar-refractivity contribution < 1.29 is 19.8 Å². The molecule has 7 nitrogen and oxygen atoms in total. The highest BCUT2D eigenvalue weighted by atomic mass is 32.1. The van der Waals surface area contributed by atoms with Crippen LogP contribution in [0.4, 0.5) is 10.5 Å². The van der Waals surface area contributed by atoms with Crippen molar-refractivity contribution in [2.24, 2.45) is 0 Å². The maximum atomic E-state index is 11.6. The number of thiazole rings is 1. The predicted octanol–water partition coefficient (Wildman–Crippen LogP) is 1.87. The average Bonchev–Trinajstić information content (AvgIpc) is 2.91. The number of hydrogen-bond donors (Lipinski definition) is 4. The Bertz CT molecular complexity index is 628. The number of benzene rings is 1. The fraction of sp³-hybridized carbons (Fsp3) is 0.0833. The van der Waals surface area contributed by atoms with Crippen molar-refractivity contribution in [1.82, 2.24) is 10.3 Å². The Labute approximate surface area is 117 Å². The zero-order valence-corrected chi connectivity index (χ0v) is 11.0. The third-order valence-electron chi connectivity index (χ3n) is 2.37. The number of hydrogen-bond acceptors (Lipinski definition) is 5. The van der Waals surface area contributed by atoms with Crippen LogP contribution in [0.25, 0.3) is 0 Å². The van der Waals surface area contributed by atoms with E-state index < -0.39 is 12.0 Å². The number of carbonyl (C=O) groups excluding carboxylic acids is 1. The quantitative estimate of drug-likeness (QED) is 0.643. The maximum Gasteiger partial charge on any atom is 0.339 e. The molecule has 2 aromatic rings. The molecule has 0 saturated heterocycles. The molecule has 0 spiro atoms. The summed E-state index contributed by atoms with van der Waals surface area (Å²) >= 11 is 1.42. The minimum Gasteiger partial charge on any atom is -0.507 e. The van der Waals surface area contributed by atoms with Gasteiger partial charge in [0.25, 0.3) is 0 Å². The van der Waals surface area contributed by atoms with E-state index in [2.05, 4.69) is 15.6 Å². The van der Waals surface area contributed by atoms with Gasteiger partial charge < -0.3 is 20.8 Å². The summed E-state index contributed by atoms with van der Waals surface area (Å²) in [6, 6.07) is 3.31. The first kappa shape index (κ1) is 13.8. The second-order valence-electron chi connectivity index (χ2n) is 3.77. The Balaban J connectivity index is 1.97. The lowest BCUT2D eigenvalue weighted by Crippen LogP contribution is -2.28. The molecule has 1 aromatic heterocycles. The van der Waals surface area contributed by atoms with E-state index >= 15 is 0 Å². The van der Waals surface area contributed by atoms with Crippen LogP contribution in [0.2, 0.25) is 0 Å². The molecule has 0 bridgehead atoms. The van der Waals surface area contributed by atoms with E-state index in [1.165, 1.54) is 29.5 Å². The molecule has 2 amide bonds. The van der Waals surface area contributed by atoms with Gasteiger partial charge in [0.2, 0.25) is 0 Å². The molecule has 0 radical (unpaired) electrons. The zero-order chi connectivity index (χ0) is 14.5. The summed E-state index contributed by atoms with van der Waals surface area (Å²) in [5, 5.41) is 25.8. The van der Waals surface area contributed by atoms with E-state index in [4.69, 9.17) is 5.11 Å². The SMILES string of the molecule is O=C(NCc1nccs1)Nc1ccc(O)c(C(=O)O)c1. The van der Waals surface area contributed by atoms with Crippen molar-refractivity contribution in [2.45, 2.75) is 6.54 Å². The number of rotatable bonds is 4. The van der Waals surface area contributed by atoms with Crippen LogP contribution in [0.5, 0.6) is 5.75 Å². The first-order chi connectivity index (χ1) is 9.56. The van der Waals surface area contributed by atoms with Gasteiger partial charge in [0.05, 0.1) is 6.54 Å². The fourth-order valence-electron chi connectivity index (χ4n) is 1.46. The Morgan fingerprint density at radius 2 is 2.15 bits per heavy atom. The zero-order valence-electron chi connectivity index (χ0n) is 10.2. The molecule has 2 rings (SSSR count). The number of anilines is 1. The van der Waals surface area contributed by atoms with Gasteiger partial charge in [-0.25, -0.2) is 14.6 Å². The number of urea groups is 1. The molecule has 4 N–H and O–H groups in total. The van der Waals surface area contributed by atoms with Gasteiger partial charge in [0.1, 0.15) is 16.3 Å². The summed E-state index contributed by atoms with van der Waals surface area (Å²) in [7, 11) is 0. The molecule has 8 heteroatoms. The number of aromatic carboxylic acids is 1. The van der Waals surface area contributed by atoms with Crippen LogP contribution in [0.15, 0.2) is 29.8 Å². The first-order valence-electron chi connectivity index (χ1n) is 5.56. The first-order valence-corrected chi connectivity index (χ1v) is 6.44. The van der Waals surface area contributed by atoms with Crippen molar-refractivity contribution >= 4 is 29.0 Å². The van der Waals surface area contributed by atoms with Crippen LogP contribution in [-0.4, -0.2) is 27.2 Å². The number of carboxylic acid groups (broad SMARTS) is 1. The van der Waals surface area contributed by atoms with E-state index in [-0.39, 0.29) is 23.5 Å². The van der Waals surface area contributed by atoms with Crippen LogP contribution in [-0.2, 0) is 6.54 Å². The van der Waals surface area contributed by atoms with Gasteiger partial charge in [-0.3, -0.25) is 0 Å². The Hall–Kier alpha value is -2.61. The molecule has 0 atom stereocenters. The fourth-order valence-corrected chi connectivity index (χ4v) is 2.01. The number of nitrogens with zero attached hydrogens (tertiary/aromatic N) is 1. The third kappa shape index (κ3) is 3.45. The summed E-state index contributed by atoms with van der Waals surface area (Å²) in [5.41, 5.74) is -0.000405. The molecule has 0 fully saturated rings. The van der Waals surface area contributed by atoms with Crippen molar-refractivity contribution in [3.05, 3.63) is 40.3 Å². The van der Waals surface area contributed by atoms with E-state index in [1.54, 1.807) is 11.6 Å². The van der Waals surface area contributed by atoms with Crippen LogP contribution < -0.4 is 10.6 Å². The maximum absolute atomic E-state index is 11.6. The summed E-state index contributed by atoms with van der Waals surface area (Å²) in [6.07, 6.45) is 1.64. The highest BCUT2D eigenvalue weighted by molar-refractivity contribution is 7.09. The lowest BCUT2D eigenvalue weighted by molar-refractivity contribution is 0.0693. The van der Waals surface area contributed by atoms with Gasteiger partial charge in [0, 0.05) is 17.3 Å². The Morgan fingerprint density at radius 1 is 1.35 bits per heavy atom. The monoisotopic (exact) mass is 293 g/mol. The number of phenols is 1. The number of aromatic hydroxyl groups is 1. The van der Waals surface area contributed by atoms with Crippen molar-refractivity contribution in [3.63, 3.8) is 0 Å². The van der Waals surface area contributed by atoms with Crippen molar-refractivity contribution in [1.29, 1.82) is 0 Å². The number of aromatic nitrogens is 1. The molecule has 1 heterocycles. The number of carbonyl (C=O) groups is 2. The lowest BCUT2D eigenvalue weighted by atomic mass is 10.2. The molecule has 1 aromatic carbocycles. The summed E-state index contributed by atoms with van der Waals surface area (Å²) < 4.78 is 0. The van der Waals surface area contributed by atoms with Gasteiger partial charge in [-0.15, -0.1) is 11.3 Å². The molecule has 0 saturated carbocycles. The third-order valence-corrected chi connectivity index (χ3v) is 3.15. The molecule has 0 aliphatic heterocycles.